The van der Waals surface area contributed by atoms with E-state index in [4.69, 9.17) is 9.47 Å². The average Bonchev–Trinajstić information content (AvgIpc) is 3.14. The molecule has 2 heterocycles. The van der Waals surface area contributed by atoms with E-state index >= 15 is 0 Å². The summed E-state index contributed by atoms with van der Waals surface area (Å²) in [4.78, 5) is 0. The minimum absolute atomic E-state index is 0.895. The van der Waals surface area contributed by atoms with Crippen LogP contribution in [0.5, 0.6) is 11.5 Å². The van der Waals surface area contributed by atoms with Crippen molar-refractivity contribution >= 4 is 43.6 Å². The monoisotopic (exact) mass is 344 g/mol. The van der Waals surface area contributed by atoms with Crippen LogP contribution < -0.4 is 9.47 Å². The van der Waals surface area contributed by atoms with Crippen LogP contribution in [0.3, 0.4) is 0 Å². The number of hydrogen-bond donors (Lipinski definition) is 0. The van der Waals surface area contributed by atoms with Gasteiger partial charge in [-0.15, -0.1) is 0 Å². The zero-order valence-corrected chi connectivity index (χ0v) is 15.3. The molecule has 0 spiro atoms. The lowest BCUT2D eigenvalue weighted by Gasteiger charge is -2.13. The molecule has 0 aliphatic rings. The quantitative estimate of drug-likeness (QED) is 0.451. The molecule has 26 heavy (non-hydrogen) atoms. The van der Waals surface area contributed by atoms with Crippen molar-refractivity contribution in [3.8, 4) is 11.5 Å². The molecule has 0 radical (unpaired) electrons. The first-order valence-electron chi connectivity index (χ1n) is 8.67. The van der Waals surface area contributed by atoms with Crippen molar-refractivity contribution in [2.75, 3.05) is 14.2 Å². The Kier molecular flexibility index (Phi) is 3.02. The number of para-hydroxylation sites is 2. The zero-order valence-electron chi connectivity index (χ0n) is 15.3. The van der Waals surface area contributed by atoms with Gasteiger partial charge < -0.3 is 18.6 Å². The standard InChI is InChI=1S/C22H20N2O2/c1-23-15-11-7-5-9-13(15)17-19(23)21(25-3)18-14-10-6-8-12-16(14)24(2)20(18)22(17)26-4/h5-12H,1-4H3. The zero-order chi connectivity index (χ0) is 18.0. The van der Waals surface area contributed by atoms with E-state index in [1.54, 1.807) is 14.2 Å². The first-order chi connectivity index (χ1) is 12.7. The molecule has 2 aromatic heterocycles. The summed E-state index contributed by atoms with van der Waals surface area (Å²) in [6.07, 6.45) is 0. The predicted molar refractivity (Wildman–Crippen MR) is 108 cm³/mol. The molecule has 0 N–H and O–H groups in total. The SMILES string of the molecule is COc1c2c3ccccc3n(C)c2c(OC)c2c3ccccc3n(C)c12. The number of rotatable bonds is 2. The Balaban J connectivity index is 2.22. The highest BCUT2D eigenvalue weighted by Crippen LogP contribution is 2.49. The molecule has 4 nitrogen and oxygen atoms in total. The van der Waals surface area contributed by atoms with E-state index in [0.29, 0.717) is 0 Å². The molecule has 0 aliphatic heterocycles. The molecular weight excluding hydrogens is 324 g/mol. The van der Waals surface area contributed by atoms with Crippen molar-refractivity contribution in [1.29, 1.82) is 0 Å². The maximum atomic E-state index is 5.98. The van der Waals surface area contributed by atoms with E-state index < -0.39 is 0 Å². The third-order valence-electron chi connectivity index (χ3n) is 5.51. The van der Waals surface area contributed by atoms with Crippen molar-refractivity contribution in [3.05, 3.63) is 48.5 Å². The van der Waals surface area contributed by atoms with Gasteiger partial charge in [-0.05, 0) is 12.1 Å². The van der Waals surface area contributed by atoms with Crippen LogP contribution in [0, 0.1) is 0 Å². The summed E-state index contributed by atoms with van der Waals surface area (Å²) in [6.45, 7) is 0. The summed E-state index contributed by atoms with van der Waals surface area (Å²) in [5.74, 6) is 1.79. The van der Waals surface area contributed by atoms with Crippen LogP contribution in [0.4, 0.5) is 0 Å². The maximum absolute atomic E-state index is 5.98. The molecule has 0 amide bonds. The lowest BCUT2D eigenvalue weighted by molar-refractivity contribution is 0.416. The predicted octanol–water partition coefficient (Wildman–Crippen LogP) is 4.99. The molecule has 0 unspecified atom stereocenters. The highest BCUT2D eigenvalue weighted by atomic mass is 16.5. The number of ether oxygens (including phenoxy) is 2. The lowest BCUT2D eigenvalue weighted by atomic mass is 10.1. The Hall–Kier alpha value is -3.14. The fourth-order valence-corrected chi connectivity index (χ4v) is 4.41. The number of aryl methyl sites for hydroxylation is 2. The van der Waals surface area contributed by atoms with E-state index in [-0.39, 0.29) is 0 Å². The second-order valence-corrected chi connectivity index (χ2v) is 6.67. The average molecular weight is 344 g/mol. The number of methoxy groups -OCH3 is 2. The van der Waals surface area contributed by atoms with Crippen LogP contribution in [0.15, 0.2) is 48.5 Å². The van der Waals surface area contributed by atoms with Gasteiger partial charge in [-0.1, -0.05) is 36.4 Å². The summed E-state index contributed by atoms with van der Waals surface area (Å²) in [5, 5.41) is 4.54. The van der Waals surface area contributed by atoms with Gasteiger partial charge in [-0.25, -0.2) is 0 Å². The number of aromatic nitrogens is 2. The van der Waals surface area contributed by atoms with Gasteiger partial charge in [0, 0.05) is 35.9 Å². The van der Waals surface area contributed by atoms with Gasteiger partial charge in [-0.2, -0.15) is 0 Å². The van der Waals surface area contributed by atoms with E-state index in [0.717, 1.165) is 33.3 Å². The molecule has 4 heteroatoms. The van der Waals surface area contributed by atoms with Crippen LogP contribution in [0.25, 0.3) is 43.6 Å². The smallest absolute Gasteiger partial charge is 0.153 e. The van der Waals surface area contributed by atoms with Crippen molar-refractivity contribution in [1.82, 2.24) is 9.13 Å². The summed E-state index contributed by atoms with van der Waals surface area (Å²) in [7, 11) is 7.67. The Morgan fingerprint density at radius 3 is 1.38 bits per heavy atom. The molecular formula is C22H20N2O2. The van der Waals surface area contributed by atoms with Gasteiger partial charge in [0.05, 0.1) is 36.0 Å². The van der Waals surface area contributed by atoms with E-state index in [1.807, 2.05) is 0 Å². The Labute approximate surface area is 151 Å². The Bertz CT molecular complexity index is 1220. The van der Waals surface area contributed by atoms with Gasteiger partial charge in [0.2, 0.25) is 0 Å². The Morgan fingerprint density at radius 1 is 0.615 bits per heavy atom. The molecule has 0 aliphatic carbocycles. The van der Waals surface area contributed by atoms with Crippen LogP contribution in [0.2, 0.25) is 0 Å². The van der Waals surface area contributed by atoms with E-state index in [1.165, 1.54) is 21.8 Å². The molecule has 0 atom stereocenters. The molecule has 0 saturated heterocycles. The highest BCUT2D eigenvalue weighted by molar-refractivity contribution is 6.25. The first-order valence-corrected chi connectivity index (χ1v) is 8.67. The van der Waals surface area contributed by atoms with Crippen molar-refractivity contribution < 1.29 is 9.47 Å². The molecule has 130 valence electrons. The lowest BCUT2D eigenvalue weighted by Crippen LogP contribution is -1.96. The van der Waals surface area contributed by atoms with Crippen molar-refractivity contribution in [2.45, 2.75) is 0 Å². The third-order valence-corrected chi connectivity index (χ3v) is 5.51. The third kappa shape index (κ3) is 1.64. The van der Waals surface area contributed by atoms with Gasteiger partial charge in [0.25, 0.3) is 0 Å². The highest BCUT2D eigenvalue weighted by Gasteiger charge is 2.25. The largest absolute Gasteiger partial charge is 0.494 e. The second-order valence-electron chi connectivity index (χ2n) is 6.67. The number of fused-ring (bicyclic) bond motifs is 6. The summed E-state index contributed by atoms with van der Waals surface area (Å²) in [5.41, 5.74) is 4.46. The summed E-state index contributed by atoms with van der Waals surface area (Å²) in [6, 6.07) is 16.8. The minimum atomic E-state index is 0.895. The van der Waals surface area contributed by atoms with Crippen LogP contribution in [-0.2, 0) is 14.1 Å². The minimum Gasteiger partial charge on any atom is -0.494 e. The fraction of sp³-hybridized carbons (Fsp3) is 0.182. The fourth-order valence-electron chi connectivity index (χ4n) is 4.41. The topological polar surface area (TPSA) is 28.3 Å². The van der Waals surface area contributed by atoms with Crippen LogP contribution in [-0.4, -0.2) is 23.4 Å². The summed E-state index contributed by atoms with van der Waals surface area (Å²) >= 11 is 0. The van der Waals surface area contributed by atoms with Crippen LogP contribution >= 0.6 is 0 Å². The van der Waals surface area contributed by atoms with Gasteiger partial charge in [0.1, 0.15) is 0 Å². The number of benzene rings is 3. The number of hydrogen-bond acceptors (Lipinski definition) is 2. The molecule has 5 aromatic rings. The first kappa shape index (κ1) is 15.1. The van der Waals surface area contributed by atoms with Gasteiger partial charge >= 0.3 is 0 Å². The second kappa shape index (κ2) is 5.18. The van der Waals surface area contributed by atoms with Crippen molar-refractivity contribution in [3.63, 3.8) is 0 Å². The maximum Gasteiger partial charge on any atom is 0.153 e. The van der Waals surface area contributed by atoms with Gasteiger partial charge in [-0.3, -0.25) is 0 Å². The van der Waals surface area contributed by atoms with Crippen LogP contribution in [0.1, 0.15) is 0 Å². The molecule has 3 aromatic carbocycles. The van der Waals surface area contributed by atoms with Crippen molar-refractivity contribution in [2.24, 2.45) is 14.1 Å². The van der Waals surface area contributed by atoms with E-state index in [9.17, 15) is 0 Å². The summed E-state index contributed by atoms with van der Waals surface area (Å²) < 4.78 is 16.4. The Morgan fingerprint density at radius 2 is 1.00 bits per heavy atom. The number of nitrogens with zero attached hydrogens (tertiary/aromatic N) is 2. The molecule has 5 rings (SSSR count). The molecule has 0 fully saturated rings. The van der Waals surface area contributed by atoms with E-state index in [2.05, 4.69) is 71.8 Å². The molecule has 0 bridgehead atoms. The normalized spacial score (nSPS) is 11.8. The molecule has 0 saturated carbocycles. The van der Waals surface area contributed by atoms with Gasteiger partial charge in [0.15, 0.2) is 11.5 Å².